The van der Waals surface area contributed by atoms with Gasteiger partial charge in [-0.15, -0.1) is 11.3 Å². The van der Waals surface area contributed by atoms with E-state index in [0.717, 1.165) is 5.92 Å². The van der Waals surface area contributed by atoms with Crippen LogP contribution in [0.2, 0.25) is 0 Å². The molecular formula is C15H25NS. The molecule has 96 valence electrons. The van der Waals surface area contributed by atoms with Gasteiger partial charge in [-0.25, -0.2) is 0 Å². The molecule has 1 N–H and O–H groups in total. The fourth-order valence-electron chi connectivity index (χ4n) is 2.82. The van der Waals surface area contributed by atoms with Crippen LogP contribution < -0.4 is 5.32 Å². The molecule has 1 aliphatic rings. The van der Waals surface area contributed by atoms with E-state index >= 15 is 0 Å². The molecule has 0 bridgehead atoms. The van der Waals surface area contributed by atoms with Crippen molar-refractivity contribution < 1.29 is 0 Å². The highest BCUT2D eigenvalue weighted by Gasteiger charge is 2.27. The van der Waals surface area contributed by atoms with Crippen LogP contribution in [-0.4, -0.2) is 7.05 Å². The molecule has 0 amide bonds. The van der Waals surface area contributed by atoms with E-state index in [1.165, 1.54) is 35.4 Å². The fourth-order valence-corrected chi connectivity index (χ4v) is 4.09. The van der Waals surface area contributed by atoms with Crippen LogP contribution in [0.15, 0.2) is 12.1 Å². The summed E-state index contributed by atoms with van der Waals surface area (Å²) in [6, 6.07) is 5.24. The topological polar surface area (TPSA) is 12.0 Å². The van der Waals surface area contributed by atoms with E-state index in [0.29, 0.717) is 6.04 Å². The third kappa shape index (κ3) is 2.92. The summed E-state index contributed by atoms with van der Waals surface area (Å²) >= 11 is 2.00. The summed E-state index contributed by atoms with van der Waals surface area (Å²) in [5.74, 6) is 0.853. The molecular weight excluding hydrogens is 226 g/mol. The lowest BCUT2D eigenvalue weighted by Crippen LogP contribution is -2.22. The summed E-state index contributed by atoms with van der Waals surface area (Å²) in [7, 11) is 2.11. The first-order chi connectivity index (χ1) is 8.02. The minimum absolute atomic E-state index is 0.289. The van der Waals surface area contributed by atoms with Gasteiger partial charge >= 0.3 is 0 Å². The monoisotopic (exact) mass is 251 g/mol. The second-order valence-electron chi connectivity index (χ2n) is 6.26. The number of rotatable bonds is 3. The Bertz CT molecular complexity index is 355. The zero-order valence-electron chi connectivity index (χ0n) is 11.5. The van der Waals surface area contributed by atoms with Gasteiger partial charge in [0.05, 0.1) is 0 Å². The molecule has 1 atom stereocenters. The molecule has 2 heteroatoms. The van der Waals surface area contributed by atoms with Crippen molar-refractivity contribution in [1.29, 1.82) is 0 Å². The second-order valence-corrected chi connectivity index (χ2v) is 7.38. The lowest BCUT2D eigenvalue weighted by molar-refractivity contribution is 0.395. The zero-order valence-corrected chi connectivity index (χ0v) is 12.4. The molecule has 1 heterocycles. The molecule has 0 spiro atoms. The van der Waals surface area contributed by atoms with E-state index in [2.05, 4.69) is 45.3 Å². The second kappa shape index (κ2) is 5.11. The van der Waals surface area contributed by atoms with Crippen molar-refractivity contribution in [2.75, 3.05) is 7.05 Å². The van der Waals surface area contributed by atoms with Crippen LogP contribution >= 0.6 is 11.3 Å². The minimum Gasteiger partial charge on any atom is -0.312 e. The molecule has 0 aliphatic heterocycles. The molecule has 1 fully saturated rings. The first kappa shape index (κ1) is 13.1. The third-order valence-corrected chi connectivity index (χ3v) is 5.45. The standard InChI is InChI=1S/C15H25NS/c1-15(2,3)13-10-9-12(17-13)14(16-4)11-7-5-6-8-11/h9-11,14,16H,5-8H2,1-4H3. The van der Waals surface area contributed by atoms with E-state index in [-0.39, 0.29) is 5.41 Å². The van der Waals surface area contributed by atoms with Crippen molar-refractivity contribution in [2.24, 2.45) is 5.92 Å². The summed E-state index contributed by atoms with van der Waals surface area (Å²) in [5, 5.41) is 3.54. The average Bonchev–Trinajstić information content (AvgIpc) is 2.87. The molecule has 2 rings (SSSR count). The van der Waals surface area contributed by atoms with Crippen molar-refractivity contribution in [3.05, 3.63) is 21.9 Å². The molecule has 1 aromatic rings. The maximum Gasteiger partial charge on any atom is 0.0441 e. The van der Waals surface area contributed by atoms with Gasteiger partial charge in [0.2, 0.25) is 0 Å². The zero-order chi connectivity index (χ0) is 12.5. The maximum atomic E-state index is 3.54. The van der Waals surface area contributed by atoms with E-state index in [1.807, 2.05) is 11.3 Å². The predicted octanol–water partition coefficient (Wildman–Crippen LogP) is 4.50. The van der Waals surface area contributed by atoms with Crippen molar-refractivity contribution >= 4 is 11.3 Å². The Morgan fingerprint density at radius 2 is 1.88 bits per heavy atom. The van der Waals surface area contributed by atoms with Crippen molar-refractivity contribution in [2.45, 2.75) is 57.9 Å². The average molecular weight is 251 g/mol. The lowest BCUT2D eigenvalue weighted by Gasteiger charge is -2.22. The van der Waals surface area contributed by atoms with Gasteiger partial charge in [-0.1, -0.05) is 33.6 Å². The van der Waals surface area contributed by atoms with Gasteiger partial charge in [0, 0.05) is 15.8 Å². The van der Waals surface area contributed by atoms with Crippen LogP contribution in [0.5, 0.6) is 0 Å². The highest BCUT2D eigenvalue weighted by molar-refractivity contribution is 7.12. The van der Waals surface area contributed by atoms with Crippen molar-refractivity contribution in [3.8, 4) is 0 Å². The van der Waals surface area contributed by atoms with Crippen LogP contribution in [-0.2, 0) is 5.41 Å². The summed E-state index contributed by atoms with van der Waals surface area (Å²) in [4.78, 5) is 3.04. The predicted molar refractivity (Wildman–Crippen MR) is 76.8 cm³/mol. The Morgan fingerprint density at radius 3 is 2.35 bits per heavy atom. The summed E-state index contributed by atoms with van der Waals surface area (Å²) in [6.07, 6.45) is 5.63. The molecule has 0 saturated heterocycles. The van der Waals surface area contributed by atoms with E-state index < -0.39 is 0 Å². The lowest BCUT2D eigenvalue weighted by atomic mass is 9.94. The molecule has 1 aliphatic carbocycles. The third-order valence-electron chi connectivity index (χ3n) is 3.85. The first-order valence-electron chi connectivity index (χ1n) is 6.80. The Morgan fingerprint density at radius 1 is 1.24 bits per heavy atom. The van der Waals surface area contributed by atoms with Gasteiger partial charge in [-0.05, 0) is 43.4 Å². The van der Waals surface area contributed by atoms with Gasteiger partial charge < -0.3 is 5.32 Å². The number of nitrogens with one attached hydrogen (secondary N) is 1. The number of hydrogen-bond donors (Lipinski definition) is 1. The van der Waals surface area contributed by atoms with Crippen molar-refractivity contribution in [1.82, 2.24) is 5.32 Å². The van der Waals surface area contributed by atoms with Crippen LogP contribution in [0.1, 0.15) is 62.3 Å². The molecule has 0 radical (unpaired) electrons. The van der Waals surface area contributed by atoms with Crippen LogP contribution in [0.3, 0.4) is 0 Å². The largest absolute Gasteiger partial charge is 0.312 e. The quantitative estimate of drug-likeness (QED) is 0.834. The van der Waals surface area contributed by atoms with E-state index in [1.54, 1.807) is 0 Å². The van der Waals surface area contributed by atoms with E-state index in [4.69, 9.17) is 0 Å². The Balaban J connectivity index is 2.17. The highest BCUT2D eigenvalue weighted by Crippen LogP contribution is 2.40. The fraction of sp³-hybridized carbons (Fsp3) is 0.733. The number of hydrogen-bond acceptors (Lipinski definition) is 2. The molecule has 17 heavy (non-hydrogen) atoms. The Hall–Kier alpha value is -0.340. The Labute approximate surface area is 110 Å². The summed E-state index contributed by atoms with van der Waals surface area (Å²) in [6.45, 7) is 6.89. The minimum atomic E-state index is 0.289. The molecule has 0 aromatic carbocycles. The van der Waals surface area contributed by atoms with E-state index in [9.17, 15) is 0 Å². The van der Waals surface area contributed by atoms with Gasteiger partial charge in [0.25, 0.3) is 0 Å². The smallest absolute Gasteiger partial charge is 0.0441 e. The van der Waals surface area contributed by atoms with Crippen molar-refractivity contribution in [3.63, 3.8) is 0 Å². The summed E-state index contributed by atoms with van der Waals surface area (Å²) < 4.78 is 0. The molecule has 1 unspecified atom stereocenters. The number of thiophene rings is 1. The van der Waals surface area contributed by atoms with Gasteiger partial charge in [-0.2, -0.15) is 0 Å². The highest BCUT2D eigenvalue weighted by atomic mass is 32.1. The van der Waals surface area contributed by atoms with Crippen LogP contribution in [0, 0.1) is 5.92 Å². The normalized spacial score (nSPS) is 19.8. The van der Waals surface area contributed by atoms with Gasteiger partial charge in [-0.3, -0.25) is 0 Å². The molecule has 1 saturated carbocycles. The maximum absolute atomic E-state index is 3.54. The first-order valence-corrected chi connectivity index (χ1v) is 7.61. The SMILES string of the molecule is CNC(c1ccc(C(C)(C)C)s1)C1CCCC1. The molecule has 1 aromatic heterocycles. The van der Waals surface area contributed by atoms with Crippen LogP contribution in [0.25, 0.3) is 0 Å². The Kier molecular flexibility index (Phi) is 3.94. The van der Waals surface area contributed by atoms with Crippen LogP contribution in [0.4, 0.5) is 0 Å². The van der Waals surface area contributed by atoms with Gasteiger partial charge in [0.15, 0.2) is 0 Å². The summed E-state index contributed by atoms with van der Waals surface area (Å²) in [5.41, 5.74) is 0.289. The van der Waals surface area contributed by atoms with Gasteiger partial charge in [0.1, 0.15) is 0 Å². The molecule has 1 nitrogen and oxygen atoms in total.